The zero-order chi connectivity index (χ0) is 23.3. The molecular formula is C28H28Cl2INO2. The van der Waals surface area contributed by atoms with E-state index in [1.165, 1.54) is 47.7 Å². The Labute approximate surface area is 224 Å². The average molecular weight is 608 g/mol. The molecule has 0 spiro atoms. The molecule has 3 nitrogen and oxygen atoms in total. The molecule has 2 aromatic carbocycles. The number of nitrogens with zero attached hydrogens (tertiary/aromatic N) is 1. The van der Waals surface area contributed by atoms with E-state index in [2.05, 4.69) is 52.0 Å². The van der Waals surface area contributed by atoms with Gasteiger partial charge in [-0.05, 0) is 115 Å². The van der Waals surface area contributed by atoms with Gasteiger partial charge in [0.25, 0.3) is 0 Å². The maximum absolute atomic E-state index is 6.51. The molecule has 0 N–H and O–H groups in total. The first-order chi connectivity index (χ1) is 16.5. The highest BCUT2D eigenvalue weighted by Gasteiger charge is 2.49. The minimum absolute atomic E-state index is 0.296. The van der Waals surface area contributed by atoms with E-state index in [0.717, 1.165) is 42.0 Å². The van der Waals surface area contributed by atoms with Crippen molar-refractivity contribution in [1.82, 2.24) is 5.16 Å². The number of aromatic nitrogens is 1. The molecule has 4 aliphatic carbocycles. The SMILES string of the molecule is Clc1cccc(Cl)c1-c1noc(C2CC2)c1COCC12CCC(c3ccc(I)cc3)(CC1)CC2. The molecule has 0 atom stereocenters. The van der Waals surface area contributed by atoms with Crippen LogP contribution in [0.5, 0.6) is 0 Å². The highest BCUT2D eigenvalue weighted by Crippen LogP contribution is 2.58. The summed E-state index contributed by atoms with van der Waals surface area (Å²) in [5.74, 6) is 1.40. The Morgan fingerprint density at radius 1 is 0.941 bits per heavy atom. The van der Waals surface area contributed by atoms with Gasteiger partial charge in [-0.3, -0.25) is 0 Å². The van der Waals surface area contributed by atoms with Gasteiger partial charge in [-0.1, -0.05) is 46.6 Å². The number of fused-ring (bicyclic) bond motifs is 3. The van der Waals surface area contributed by atoms with Gasteiger partial charge in [0.05, 0.1) is 23.3 Å². The molecule has 4 fully saturated rings. The number of rotatable bonds is 7. The molecule has 0 unspecified atom stereocenters. The third-order valence-electron chi connectivity index (χ3n) is 8.48. The van der Waals surface area contributed by atoms with Crippen molar-refractivity contribution >= 4 is 45.8 Å². The van der Waals surface area contributed by atoms with Gasteiger partial charge in [0.1, 0.15) is 11.5 Å². The summed E-state index contributed by atoms with van der Waals surface area (Å²) in [4.78, 5) is 0. The minimum Gasteiger partial charge on any atom is -0.376 e. The van der Waals surface area contributed by atoms with Crippen molar-refractivity contribution < 1.29 is 9.26 Å². The third-order valence-corrected chi connectivity index (χ3v) is 9.83. The molecule has 0 aliphatic heterocycles. The number of hydrogen-bond acceptors (Lipinski definition) is 3. The molecule has 178 valence electrons. The molecule has 2 bridgehead atoms. The highest BCUT2D eigenvalue weighted by molar-refractivity contribution is 14.1. The normalized spacial score (nSPS) is 26.2. The third kappa shape index (κ3) is 4.23. The Morgan fingerprint density at radius 2 is 1.59 bits per heavy atom. The second-order valence-corrected chi connectivity index (χ2v) is 12.6. The molecule has 1 aromatic heterocycles. The van der Waals surface area contributed by atoms with E-state index in [1.807, 2.05) is 18.2 Å². The van der Waals surface area contributed by atoms with Crippen molar-refractivity contribution in [2.45, 2.75) is 69.3 Å². The number of benzene rings is 2. The lowest BCUT2D eigenvalue weighted by molar-refractivity contribution is -0.0433. The lowest BCUT2D eigenvalue weighted by atomic mass is 9.52. The lowest BCUT2D eigenvalue weighted by Gasteiger charge is -2.53. The molecule has 4 aliphatic rings. The van der Waals surface area contributed by atoms with Crippen molar-refractivity contribution in [3.8, 4) is 11.3 Å². The van der Waals surface area contributed by atoms with Crippen LogP contribution in [0.3, 0.4) is 0 Å². The second kappa shape index (κ2) is 9.10. The Balaban J connectivity index is 1.17. The van der Waals surface area contributed by atoms with Crippen molar-refractivity contribution in [3.05, 3.63) is 73.0 Å². The van der Waals surface area contributed by atoms with Crippen LogP contribution in [0.2, 0.25) is 10.0 Å². The minimum atomic E-state index is 0.296. The van der Waals surface area contributed by atoms with Crippen molar-refractivity contribution in [2.75, 3.05) is 6.61 Å². The largest absolute Gasteiger partial charge is 0.376 e. The molecule has 4 saturated carbocycles. The van der Waals surface area contributed by atoms with E-state index in [-0.39, 0.29) is 0 Å². The average Bonchev–Trinajstić information content (AvgIpc) is 3.62. The first-order valence-electron chi connectivity index (χ1n) is 12.3. The van der Waals surface area contributed by atoms with Crippen LogP contribution in [0.4, 0.5) is 0 Å². The van der Waals surface area contributed by atoms with Crippen molar-refractivity contribution in [2.24, 2.45) is 5.41 Å². The summed E-state index contributed by atoms with van der Waals surface area (Å²) in [6, 6.07) is 14.8. The molecule has 0 amide bonds. The fourth-order valence-corrected chi connectivity index (χ4v) is 7.07. The smallest absolute Gasteiger partial charge is 0.145 e. The van der Waals surface area contributed by atoms with Crippen molar-refractivity contribution in [3.63, 3.8) is 0 Å². The van der Waals surface area contributed by atoms with Gasteiger partial charge in [0.15, 0.2) is 0 Å². The fraction of sp³-hybridized carbons (Fsp3) is 0.464. The van der Waals surface area contributed by atoms with E-state index in [9.17, 15) is 0 Å². The summed E-state index contributed by atoms with van der Waals surface area (Å²) in [5, 5.41) is 5.59. The fourth-order valence-electron chi connectivity index (χ4n) is 6.13. The molecular weight excluding hydrogens is 580 g/mol. The van der Waals surface area contributed by atoms with Gasteiger partial charge in [-0.2, -0.15) is 0 Å². The molecule has 7 rings (SSSR count). The topological polar surface area (TPSA) is 35.3 Å². The Morgan fingerprint density at radius 3 is 2.21 bits per heavy atom. The van der Waals surface area contributed by atoms with E-state index in [1.54, 1.807) is 0 Å². The van der Waals surface area contributed by atoms with Crippen LogP contribution in [-0.4, -0.2) is 11.8 Å². The summed E-state index contributed by atoms with van der Waals surface area (Å²) in [7, 11) is 0. The summed E-state index contributed by atoms with van der Waals surface area (Å²) < 4.78 is 13.6. The first-order valence-corrected chi connectivity index (χ1v) is 14.1. The quantitative estimate of drug-likeness (QED) is 0.251. The second-order valence-electron chi connectivity index (χ2n) is 10.5. The summed E-state index contributed by atoms with van der Waals surface area (Å²) in [6.07, 6.45) is 9.78. The van der Waals surface area contributed by atoms with Gasteiger partial charge >= 0.3 is 0 Å². The predicted molar refractivity (Wildman–Crippen MR) is 145 cm³/mol. The van der Waals surface area contributed by atoms with Crippen LogP contribution in [0.25, 0.3) is 11.3 Å². The molecule has 3 aromatic rings. The standard InChI is InChI=1S/C28H28Cl2INO2/c29-22-2-1-3-23(30)24(22)25-21(26(34-32-25)18-4-5-18)16-33-17-27-10-13-28(14-11-27,15-12-27)19-6-8-20(31)9-7-19/h1-3,6-9,18H,4-5,10-17H2. The Kier molecular flexibility index (Phi) is 6.24. The molecule has 0 radical (unpaired) electrons. The number of hydrogen-bond donors (Lipinski definition) is 0. The van der Waals surface area contributed by atoms with Gasteiger partial charge in [0.2, 0.25) is 0 Å². The van der Waals surface area contributed by atoms with E-state index in [4.69, 9.17) is 32.5 Å². The molecule has 6 heteroatoms. The van der Waals surface area contributed by atoms with Gasteiger partial charge in [-0.15, -0.1) is 0 Å². The van der Waals surface area contributed by atoms with Gasteiger partial charge < -0.3 is 9.26 Å². The maximum atomic E-state index is 6.51. The van der Waals surface area contributed by atoms with E-state index >= 15 is 0 Å². The summed E-state index contributed by atoms with van der Waals surface area (Å²) in [6.45, 7) is 1.29. The lowest BCUT2D eigenvalue weighted by Crippen LogP contribution is -2.46. The summed E-state index contributed by atoms with van der Waals surface area (Å²) >= 11 is 15.4. The summed E-state index contributed by atoms with van der Waals surface area (Å²) in [5.41, 5.74) is 4.70. The number of ether oxygens (including phenoxy) is 1. The van der Waals surface area contributed by atoms with Gasteiger partial charge in [0, 0.05) is 20.6 Å². The maximum Gasteiger partial charge on any atom is 0.145 e. The number of halogens is 3. The first kappa shape index (κ1) is 23.3. The zero-order valence-electron chi connectivity index (χ0n) is 19.1. The van der Waals surface area contributed by atoms with E-state index in [0.29, 0.717) is 33.4 Å². The highest BCUT2D eigenvalue weighted by atomic mass is 127. The van der Waals surface area contributed by atoms with Gasteiger partial charge in [-0.25, -0.2) is 0 Å². The molecule has 34 heavy (non-hydrogen) atoms. The van der Waals surface area contributed by atoms with Crippen LogP contribution in [0.1, 0.15) is 74.2 Å². The predicted octanol–water partition coefficient (Wildman–Crippen LogP) is 8.94. The van der Waals surface area contributed by atoms with Crippen molar-refractivity contribution in [1.29, 1.82) is 0 Å². The van der Waals surface area contributed by atoms with Crippen LogP contribution in [-0.2, 0) is 16.8 Å². The monoisotopic (exact) mass is 607 g/mol. The van der Waals surface area contributed by atoms with Crippen LogP contribution in [0, 0.1) is 8.99 Å². The van der Waals surface area contributed by atoms with E-state index < -0.39 is 0 Å². The molecule has 1 heterocycles. The Bertz CT molecular complexity index is 1160. The zero-order valence-corrected chi connectivity index (χ0v) is 22.8. The molecule has 0 saturated heterocycles. The van der Waals surface area contributed by atoms with Crippen LogP contribution >= 0.6 is 45.8 Å². The van der Waals surface area contributed by atoms with Crippen LogP contribution in [0.15, 0.2) is 47.0 Å². The van der Waals surface area contributed by atoms with Crippen LogP contribution < -0.4 is 0 Å². The Hall–Kier alpha value is -1.08.